The summed E-state index contributed by atoms with van der Waals surface area (Å²) in [5, 5.41) is 2.51. The smallest absolute Gasteiger partial charge is 0.258 e. The number of carbonyl (C=O) groups is 1. The summed E-state index contributed by atoms with van der Waals surface area (Å²) in [6.45, 7) is 3.81. The molecule has 1 aromatic carbocycles. The molecular formula is C20H21ClN4O3S. The van der Waals surface area contributed by atoms with Crippen LogP contribution in [0.15, 0.2) is 46.7 Å². The molecule has 3 heterocycles. The Labute approximate surface area is 177 Å². The number of rotatable bonds is 6. The first kappa shape index (κ1) is 19.9. The fourth-order valence-corrected chi connectivity index (χ4v) is 4.16. The number of halogens is 1. The predicted molar refractivity (Wildman–Crippen MR) is 113 cm³/mol. The van der Waals surface area contributed by atoms with Gasteiger partial charge < -0.3 is 9.64 Å². The number of fused-ring (bicyclic) bond motifs is 1. The Hall–Kier alpha value is -2.42. The van der Waals surface area contributed by atoms with E-state index in [-0.39, 0.29) is 11.5 Å². The number of hydrogen-bond acceptors (Lipinski definition) is 6. The third kappa shape index (κ3) is 4.95. The Morgan fingerprint density at radius 2 is 1.93 bits per heavy atom. The SMILES string of the molecule is O=C(CCOc1ccc(Cl)cc1)N1CCN(Cc2cc(=O)n3ccsc3n2)CC1. The maximum atomic E-state index is 12.4. The van der Waals surface area contributed by atoms with E-state index in [0.29, 0.717) is 48.4 Å². The van der Waals surface area contributed by atoms with E-state index in [9.17, 15) is 9.59 Å². The van der Waals surface area contributed by atoms with Crippen LogP contribution in [0.5, 0.6) is 5.75 Å². The number of amides is 1. The molecular weight excluding hydrogens is 412 g/mol. The van der Waals surface area contributed by atoms with Crippen molar-refractivity contribution < 1.29 is 9.53 Å². The van der Waals surface area contributed by atoms with Crippen molar-refractivity contribution in [1.82, 2.24) is 19.2 Å². The van der Waals surface area contributed by atoms with Crippen LogP contribution in [0.1, 0.15) is 12.1 Å². The van der Waals surface area contributed by atoms with Crippen molar-refractivity contribution in [3.63, 3.8) is 0 Å². The van der Waals surface area contributed by atoms with Crippen molar-refractivity contribution in [3.05, 3.63) is 63.0 Å². The molecule has 3 aromatic rings. The number of hydrogen-bond donors (Lipinski definition) is 0. The van der Waals surface area contributed by atoms with Crippen LogP contribution in [-0.4, -0.2) is 57.9 Å². The minimum Gasteiger partial charge on any atom is -0.493 e. The number of aromatic nitrogens is 2. The minimum absolute atomic E-state index is 0.0549. The number of ether oxygens (including phenoxy) is 1. The van der Waals surface area contributed by atoms with Crippen LogP contribution in [0.4, 0.5) is 0 Å². The summed E-state index contributed by atoms with van der Waals surface area (Å²) in [5.41, 5.74) is 0.717. The van der Waals surface area contributed by atoms with Crippen LogP contribution >= 0.6 is 22.9 Å². The lowest BCUT2D eigenvalue weighted by atomic mass is 10.2. The monoisotopic (exact) mass is 432 g/mol. The van der Waals surface area contributed by atoms with Crippen molar-refractivity contribution in [2.24, 2.45) is 0 Å². The first-order chi connectivity index (χ1) is 14.1. The summed E-state index contributed by atoms with van der Waals surface area (Å²) in [5.74, 6) is 0.799. The zero-order chi connectivity index (χ0) is 20.2. The van der Waals surface area contributed by atoms with Crippen molar-refractivity contribution in [1.29, 1.82) is 0 Å². The minimum atomic E-state index is -0.0549. The molecule has 29 heavy (non-hydrogen) atoms. The summed E-state index contributed by atoms with van der Waals surface area (Å²) in [6.07, 6.45) is 2.08. The molecule has 0 unspecified atom stereocenters. The Bertz CT molecular complexity index is 1040. The average molecular weight is 433 g/mol. The van der Waals surface area contributed by atoms with Gasteiger partial charge in [-0.1, -0.05) is 11.6 Å². The molecule has 1 fully saturated rings. The van der Waals surface area contributed by atoms with E-state index >= 15 is 0 Å². The molecule has 0 radical (unpaired) electrons. The van der Waals surface area contributed by atoms with Gasteiger partial charge in [0.05, 0.1) is 18.7 Å². The number of thiazole rings is 1. The molecule has 1 amide bonds. The summed E-state index contributed by atoms with van der Waals surface area (Å²) in [7, 11) is 0. The van der Waals surface area contributed by atoms with Gasteiger partial charge in [0.25, 0.3) is 5.56 Å². The molecule has 0 N–H and O–H groups in total. The first-order valence-electron chi connectivity index (χ1n) is 9.43. The maximum Gasteiger partial charge on any atom is 0.258 e. The predicted octanol–water partition coefficient (Wildman–Crippen LogP) is 2.52. The highest BCUT2D eigenvalue weighted by molar-refractivity contribution is 7.15. The highest BCUT2D eigenvalue weighted by Crippen LogP contribution is 2.16. The number of nitrogens with zero attached hydrogens (tertiary/aromatic N) is 4. The van der Waals surface area contributed by atoms with Gasteiger partial charge in [0.15, 0.2) is 4.96 Å². The Kier molecular flexibility index (Phi) is 6.13. The van der Waals surface area contributed by atoms with Crippen LogP contribution in [0, 0.1) is 0 Å². The quantitative estimate of drug-likeness (QED) is 0.598. The van der Waals surface area contributed by atoms with Crippen molar-refractivity contribution >= 4 is 33.8 Å². The lowest BCUT2D eigenvalue weighted by molar-refractivity contribution is -0.133. The van der Waals surface area contributed by atoms with Gasteiger partial charge in [-0.2, -0.15) is 0 Å². The van der Waals surface area contributed by atoms with Gasteiger partial charge in [0, 0.05) is 55.4 Å². The average Bonchev–Trinajstić information content (AvgIpc) is 3.19. The molecule has 0 atom stereocenters. The van der Waals surface area contributed by atoms with Crippen molar-refractivity contribution in [2.45, 2.75) is 13.0 Å². The van der Waals surface area contributed by atoms with E-state index in [1.165, 1.54) is 11.3 Å². The third-order valence-electron chi connectivity index (χ3n) is 4.87. The molecule has 0 spiro atoms. The number of carbonyl (C=O) groups excluding carboxylic acids is 1. The number of benzene rings is 1. The molecule has 0 aliphatic carbocycles. The van der Waals surface area contributed by atoms with Crippen LogP contribution in [0.2, 0.25) is 5.02 Å². The van der Waals surface area contributed by atoms with Gasteiger partial charge in [0.2, 0.25) is 5.91 Å². The van der Waals surface area contributed by atoms with Crippen molar-refractivity contribution in [2.75, 3.05) is 32.8 Å². The zero-order valence-corrected chi connectivity index (χ0v) is 17.4. The Balaban J connectivity index is 1.23. The normalized spacial score (nSPS) is 15.0. The molecule has 1 aliphatic heterocycles. The molecule has 2 aromatic heterocycles. The molecule has 0 saturated carbocycles. The lowest BCUT2D eigenvalue weighted by Crippen LogP contribution is -2.48. The van der Waals surface area contributed by atoms with E-state index in [4.69, 9.17) is 16.3 Å². The van der Waals surface area contributed by atoms with E-state index in [2.05, 4.69) is 9.88 Å². The van der Waals surface area contributed by atoms with Crippen LogP contribution in [0.3, 0.4) is 0 Å². The molecule has 4 rings (SSSR count). The second kappa shape index (κ2) is 8.94. The molecule has 9 heteroatoms. The van der Waals surface area contributed by atoms with Gasteiger partial charge in [-0.05, 0) is 24.3 Å². The van der Waals surface area contributed by atoms with Gasteiger partial charge in [-0.3, -0.25) is 18.9 Å². The van der Waals surface area contributed by atoms with Gasteiger partial charge in [-0.15, -0.1) is 11.3 Å². The van der Waals surface area contributed by atoms with E-state index in [0.717, 1.165) is 18.8 Å². The standard InChI is InChI=1S/C20H21ClN4O3S/c21-15-1-3-17(4-2-15)28-11-5-18(26)24-8-6-23(7-9-24)14-16-13-19(27)25-10-12-29-20(25)22-16/h1-4,10,12-13H,5-9,11,14H2. The number of piperazine rings is 1. The maximum absolute atomic E-state index is 12.4. The molecule has 1 aliphatic rings. The molecule has 1 saturated heterocycles. The third-order valence-corrected chi connectivity index (χ3v) is 5.87. The Morgan fingerprint density at radius 1 is 1.17 bits per heavy atom. The summed E-state index contributed by atoms with van der Waals surface area (Å²) in [4.78, 5) is 33.9. The molecule has 7 nitrogen and oxygen atoms in total. The zero-order valence-electron chi connectivity index (χ0n) is 15.8. The van der Waals surface area contributed by atoms with Crippen LogP contribution in [-0.2, 0) is 11.3 Å². The lowest BCUT2D eigenvalue weighted by Gasteiger charge is -2.34. The van der Waals surface area contributed by atoms with Gasteiger partial charge in [-0.25, -0.2) is 4.98 Å². The molecule has 0 bridgehead atoms. The van der Waals surface area contributed by atoms with E-state index in [1.54, 1.807) is 40.9 Å². The van der Waals surface area contributed by atoms with E-state index < -0.39 is 0 Å². The summed E-state index contributed by atoms with van der Waals surface area (Å²) >= 11 is 7.30. The fourth-order valence-electron chi connectivity index (χ4n) is 3.30. The molecule has 152 valence electrons. The highest BCUT2D eigenvalue weighted by Gasteiger charge is 2.21. The van der Waals surface area contributed by atoms with Gasteiger partial charge in [0.1, 0.15) is 5.75 Å². The fraction of sp³-hybridized carbons (Fsp3) is 0.350. The topological polar surface area (TPSA) is 67.2 Å². The van der Waals surface area contributed by atoms with E-state index in [1.807, 2.05) is 10.3 Å². The van der Waals surface area contributed by atoms with Gasteiger partial charge >= 0.3 is 0 Å². The van der Waals surface area contributed by atoms with Crippen molar-refractivity contribution in [3.8, 4) is 5.75 Å². The largest absolute Gasteiger partial charge is 0.493 e. The van der Waals surface area contributed by atoms with Crippen LogP contribution in [0.25, 0.3) is 4.96 Å². The van der Waals surface area contributed by atoms with Crippen LogP contribution < -0.4 is 10.3 Å². The second-order valence-corrected chi connectivity index (χ2v) is 8.16. The second-order valence-electron chi connectivity index (χ2n) is 6.85. The highest BCUT2D eigenvalue weighted by atomic mass is 35.5. The first-order valence-corrected chi connectivity index (χ1v) is 10.7. The Morgan fingerprint density at radius 3 is 2.69 bits per heavy atom. The summed E-state index contributed by atoms with van der Waals surface area (Å²) < 4.78 is 7.16. The summed E-state index contributed by atoms with van der Waals surface area (Å²) in [6, 6.07) is 8.69.